The van der Waals surface area contributed by atoms with Gasteiger partial charge in [0.1, 0.15) is 11.3 Å². The van der Waals surface area contributed by atoms with Crippen molar-refractivity contribution >= 4 is 22.4 Å². The van der Waals surface area contributed by atoms with Gasteiger partial charge in [-0.15, -0.1) is 0 Å². The molecule has 2 aromatic carbocycles. The monoisotopic (exact) mass is 426 g/mol. The fraction of sp³-hybridized carbons (Fsp3) is 0.185. The van der Waals surface area contributed by atoms with Crippen LogP contribution in [0, 0.1) is 13.8 Å². The van der Waals surface area contributed by atoms with Gasteiger partial charge < -0.3 is 14.5 Å². The molecular formula is C27H26N2O3. The predicted octanol–water partition coefficient (Wildman–Crippen LogP) is 5.84. The Balaban J connectivity index is 1.67. The average molecular weight is 427 g/mol. The summed E-state index contributed by atoms with van der Waals surface area (Å²) < 4.78 is 11.4. The first-order valence-corrected chi connectivity index (χ1v) is 10.5. The quantitative estimate of drug-likeness (QED) is 0.393. The van der Waals surface area contributed by atoms with Gasteiger partial charge >= 0.3 is 0 Å². The normalized spacial score (nSPS) is 11.6. The van der Waals surface area contributed by atoms with Crippen molar-refractivity contribution in [3.05, 3.63) is 89.5 Å². The zero-order chi connectivity index (χ0) is 22.7. The summed E-state index contributed by atoms with van der Waals surface area (Å²) in [6, 6.07) is 14.1. The van der Waals surface area contributed by atoms with E-state index in [0.717, 1.165) is 38.8 Å². The van der Waals surface area contributed by atoms with Crippen molar-refractivity contribution in [2.24, 2.45) is 0 Å². The lowest BCUT2D eigenvalue weighted by molar-refractivity contribution is -0.116. The molecule has 0 bridgehead atoms. The Morgan fingerprint density at radius 3 is 2.72 bits per heavy atom. The molecule has 0 saturated carbocycles. The third-order valence-corrected chi connectivity index (χ3v) is 5.53. The lowest BCUT2D eigenvalue weighted by Crippen LogP contribution is -2.20. The first-order chi connectivity index (χ1) is 15.5. The molecule has 2 aromatic heterocycles. The van der Waals surface area contributed by atoms with E-state index in [9.17, 15) is 4.79 Å². The number of furan rings is 1. The van der Waals surface area contributed by atoms with Crippen molar-refractivity contribution in [1.82, 2.24) is 10.3 Å². The van der Waals surface area contributed by atoms with E-state index in [4.69, 9.17) is 9.15 Å². The molecule has 0 saturated heterocycles. The largest absolute Gasteiger partial charge is 0.496 e. The second-order valence-electron chi connectivity index (χ2n) is 7.92. The van der Waals surface area contributed by atoms with Crippen LogP contribution < -0.4 is 10.1 Å². The van der Waals surface area contributed by atoms with Gasteiger partial charge in [-0.25, -0.2) is 0 Å². The van der Waals surface area contributed by atoms with E-state index >= 15 is 0 Å². The van der Waals surface area contributed by atoms with Crippen LogP contribution in [0.4, 0.5) is 0 Å². The van der Waals surface area contributed by atoms with Gasteiger partial charge in [-0.05, 0) is 55.2 Å². The number of methoxy groups -OCH3 is 1. The summed E-state index contributed by atoms with van der Waals surface area (Å²) in [7, 11) is 1.62. The summed E-state index contributed by atoms with van der Waals surface area (Å²) in [4.78, 5) is 16.6. The van der Waals surface area contributed by atoms with Crippen LogP contribution in [-0.2, 0) is 11.3 Å². The van der Waals surface area contributed by atoms with Gasteiger partial charge in [0.15, 0.2) is 0 Å². The van der Waals surface area contributed by atoms with Crippen LogP contribution in [0.2, 0.25) is 0 Å². The summed E-state index contributed by atoms with van der Waals surface area (Å²) >= 11 is 0. The number of hydrogen-bond acceptors (Lipinski definition) is 4. The molecule has 1 amide bonds. The molecular weight excluding hydrogens is 400 g/mol. The lowest BCUT2D eigenvalue weighted by atomic mass is 9.96. The molecule has 162 valence electrons. The molecule has 0 aliphatic heterocycles. The number of amides is 1. The van der Waals surface area contributed by atoms with Gasteiger partial charge in [0, 0.05) is 47.6 Å². The predicted molar refractivity (Wildman–Crippen MR) is 127 cm³/mol. The Labute approximate surface area is 187 Å². The molecule has 0 aliphatic carbocycles. The molecule has 4 rings (SSSR count). The Bertz CT molecular complexity index is 1300. The Morgan fingerprint density at radius 1 is 1.16 bits per heavy atom. The minimum absolute atomic E-state index is 0.171. The van der Waals surface area contributed by atoms with Crippen LogP contribution in [0.1, 0.15) is 29.2 Å². The van der Waals surface area contributed by atoms with Gasteiger partial charge in [-0.2, -0.15) is 0 Å². The van der Waals surface area contributed by atoms with Crippen LogP contribution in [0.5, 0.6) is 5.75 Å². The Hall–Kier alpha value is -3.86. The van der Waals surface area contributed by atoms with Crippen molar-refractivity contribution < 1.29 is 13.9 Å². The van der Waals surface area contributed by atoms with E-state index in [2.05, 4.69) is 42.3 Å². The highest BCUT2D eigenvalue weighted by atomic mass is 16.5. The molecule has 4 aromatic rings. The van der Waals surface area contributed by atoms with E-state index < -0.39 is 0 Å². The minimum Gasteiger partial charge on any atom is -0.496 e. The zero-order valence-electron chi connectivity index (χ0n) is 18.7. The molecule has 0 spiro atoms. The maximum absolute atomic E-state index is 12.5. The number of fused-ring (bicyclic) bond motifs is 1. The fourth-order valence-corrected chi connectivity index (χ4v) is 3.87. The summed E-state index contributed by atoms with van der Waals surface area (Å²) in [6.45, 7) is 6.51. The van der Waals surface area contributed by atoms with E-state index in [1.54, 1.807) is 31.8 Å². The van der Waals surface area contributed by atoms with Crippen molar-refractivity contribution in [3.63, 3.8) is 0 Å². The molecule has 0 aliphatic rings. The number of benzene rings is 2. The van der Waals surface area contributed by atoms with Crippen molar-refractivity contribution in [2.45, 2.75) is 27.3 Å². The summed E-state index contributed by atoms with van der Waals surface area (Å²) in [5, 5.41) is 3.89. The van der Waals surface area contributed by atoms with E-state index in [1.807, 2.05) is 31.2 Å². The molecule has 5 nitrogen and oxygen atoms in total. The van der Waals surface area contributed by atoms with Crippen LogP contribution in [0.25, 0.3) is 27.7 Å². The van der Waals surface area contributed by atoms with Crippen LogP contribution in [-0.4, -0.2) is 18.0 Å². The van der Waals surface area contributed by atoms with Crippen LogP contribution >= 0.6 is 0 Å². The molecule has 0 unspecified atom stereocenters. The van der Waals surface area contributed by atoms with Gasteiger partial charge in [-0.3, -0.25) is 9.78 Å². The number of hydrogen-bond donors (Lipinski definition) is 1. The molecule has 0 atom stereocenters. The molecule has 5 heteroatoms. The highest BCUT2D eigenvalue weighted by molar-refractivity contribution is 6.00. The standard InChI is InChI=1S/C27H26N2O3/c1-17-7-8-21(18(2)10-17)24-16-32-26-13-25(31-4)22(12-23(24)26)19(3)11-27(30)29-15-20-6-5-9-28-14-20/h5-14,16H,15H2,1-4H3,(H,29,30)/b19-11+. The number of aromatic nitrogens is 1. The Morgan fingerprint density at radius 2 is 2.00 bits per heavy atom. The average Bonchev–Trinajstić information content (AvgIpc) is 3.20. The van der Waals surface area contributed by atoms with Gasteiger partial charge in [0.2, 0.25) is 5.91 Å². The van der Waals surface area contributed by atoms with Crippen molar-refractivity contribution in [1.29, 1.82) is 0 Å². The maximum Gasteiger partial charge on any atom is 0.244 e. The number of allylic oxidation sites excluding steroid dienone is 1. The van der Waals surface area contributed by atoms with Crippen molar-refractivity contribution in [2.75, 3.05) is 7.11 Å². The SMILES string of the molecule is COc1cc2occ(-c3ccc(C)cc3C)c2cc1/C(C)=C/C(=O)NCc1cccnc1. The third-order valence-electron chi connectivity index (χ3n) is 5.53. The Kier molecular flexibility index (Phi) is 6.08. The third kappa shape index (κ3) is 4.42. The van der Waals surface area contributed by atoms with Gasteiger partial charge in [-0.1, -0.05) is 29.8 Å². The first-order valence-electron chi connectivity index (χ1n) is 10.5. The highest BCUT2D eigenvalue weighted by Crippen LogP contribution is 2.38. The molecule has 2 heterocycles. The number of nitrogens with zero attached hydrogens (tertiary/aromatic N) is 1. The van der Waals surface area contributed by atoms with Gasteiger partial charge in [0.25, 0.3) is 0 Å². The number of nitrogens with one attached hydrogen (secondary N) is 1. The smallest absolute Gasteiger partial charge is 0.244 e. The fourth-order valence-electron chi connectivity index (χ4n) is 3.87. The molecule has 0 radical (unpaired) electrons. The topological polar surface area (TPSA) is 64.4 Å². The summed E-state index contributed by atoms with van der Waals surface area (Å²) in [5.74, 6) is 0.489. The number of rotatable bonds is 6. The second-order valence-corrected chi connectivity index (χ2v) is 7.92. The number of ether oxygens (including phenoxy) is 1. The zero-order valence-corrected chi connectivity index (χ0v) is 18.7. The van der Waals surface area contributed by atoms with E-state index in [0.29, 0.717) is 12.3 Å². The lowest BCUT2D eigenvalue weighted by Gasteiger charge is -2.11. The first kappa shape index (κ1) is 21.4. The van der Waals surface area contributed by atoms with Crippen molar-refractivity contribution in [3.8, 4) is 16.9 Å². The van der Waals surface area contributed by atoms with E-state index in [1.165, 1.54) is 11.1 Å². The summed E-state index contributed by atoms with van der Waals surface area (Å²) in [6.07, 6.45) is 6.82. The number of carbonyl (C=O) groups is 1. The number of carbonyl (C=O) groups excluding carboxylic acids is 1. The van der Waals surface area contributed by atoms with E-state index in [-0.39, 0.29) is 5.91 Å². The minimum atomic E-state index is -0.171. The molecule has 0 fully saturated rings. The number of aryl methyl sites for hydroxylation is 2. The second kappa shape index (κ2) is 9.10. The maximum atomic E-state index is 12.5. The highest BCUT2D eigenvalue weighted by Gasteiger charge is 2.16. The number of pyridine rings is 1. The molecule has 32 heavy (non-hydrogen) atoms. The van der Waals surface area contributed by atoms with Gasteiger partial charge in [0.05, 0.1) is 13.4 Å². The van der Waals surface area contributed by atoms with Crippen LogP contribution in [0.15, 0.2) is 71.6 Å². The summed E-state index contributed by atoms with van der Waals surface area (Å²) in [5.41, 5.74) is 7.90. The molecule has 1 N–H and O–H groups in total. The van der Waals surface area contributed by atoms with Crippen LogP contribution in [0.3, 0.4) is 0 Å².